The molecule has 0 aromatic carbocycles. The predicted octanol–water partition coefficient (Wildman–Crippen LogP) is 18.3. The van der Waals surface area contributed by atoms with E-state index in [9.17, 15) is 0 Å². The highest BCUT2D eigenvalue weighted by Gasteiger charge is 2.64. The molecule has 0 aromatic rings. The van der Waals surface area contributed by atoms with Crippen LogP contribution in [0.2, 0.25) is 0 Å². The Morgan fingerprint density at radius 3 is 1.29 bits per heavy atom. The van der Waals surface area contributed by atoms with Crippen molar-refractivity contribution >= 4 is 0 Å². The van der Waals surface area contributed by atoms with Crippen LogP contribution < -0.4 is 0 Å². The molecule has 10 fully saturated rings. The van der Waals surface area contributed by atoms with Gasteiger partial charge in [-0.2, -0.15) is 0 Å². The van der Waals surface area contributed by atoms with E-state index in [1.54, 1.807) is 12.8 Å². The molecule has 6 bridgehead atoms. The van der Waals surface area contributed by atoms with E-state index in [4.69, 9.17) is 0 Å². The molecule has 10 aliphatic rings. The number of hydrogen-bond donors (Lipinski definition) is 0. The third-order valence-electron chi connectivity index (χ3n) is 21.0. The lowest BCUT2D eigenvalue weighted by molar-refractivity contribution is -0.210. The topological polar surface area (TPSA) is 0 Å². The largest absolute Gasteiger partial charge is 0.0625 e. The van der Waals surface area contributed by atoms with Crippen LogP contribution in [0.25, 0.3) is 0 Å². The molecule has 58 heavy (non-hydrogen) atoms. The highest BCUT2D eigenvalue weighted by atomic mass is 14.7. The monoisotopic (exact) mass is 807 g/mol. The Bertz CT molecular complexity index is 1240. The van der Waals surface area contributed by atoms with Gasteiger partial charge in [-0.1, -0.05) is 159 Å². The average Bonchev–Trinajstić information content (AvgIpc) is 3.10. The molecule has 0 spiro atoms. The Hall–Kier alpha value is 0. The first-order chi connectivity index (χ1) is 26.5. The van der Waals surface area contributed by atoms with Crippen molar-refractivity contribution in [3.8, 4) is 0 Å². The smallest absolute Gasteiger partial charge is 0.0238 e. The molecule has 10 rings (SSSR count). The lowest BCUT2D eigenvalue weighted by Crippen LogP contribution is -2.63. The van der Waals surface area contributed by atoms with E-state index in [0.29, 0.717) is 21.7 Å². The molecule has 0 aliphatic heterocycles. The van der Waals surface area contributed by atoms with Crippen molar-refractivity contribution in [3.63, 3.8) is 0 Å². The van der Waals surface area contributed by atoms with Crippen LogP contribution in [-0.2, 0) is 0 Å². The van der Waals surface area contributed by atoms with E-state index in [-0.39, 0.29) is 0 Å². The zero-order valence-corrected chi connectivity index (χ0v) is 44.2. The minimum Gasteiger partial charge on any atom is -0.0625 e. The van der Waals surface area contributed by atoms with E-state index in [1.165, 1.54) is 51.4 Å². The minimum absolute atomic E-state index is 0.576. The van der Waals surface area contributed by atoms with Crippen LogP contribution in [0.1, 0.15) is 223 Å². The normalized spacial score (nSPS) is 41.5. The van der Waals surface area contributed by atoms with Crippen LogP contribution in [0.3, 0.4) is 0 Å². The SMILES string of the molecule is CC(C)C1CC2CC(C1C(C)C)C2(C)C.CC(C)C1CC2CC(C2(C)C)C1(C)C(C)C.CC(C)C1CC2CC(C2)C1C(C)C.CC(C)C1CCC(C)(C)CC1C(C)C. The maximum Gasteiger partial charge on any atom is -0.0238 e. The van der Waals surface area contributed by atoms with Crippen LogP contribution in [-0.4, -0.2) is 0 Å². The summed E-state index contributed by atoms with van der Waals surface area (Å²) in [4.78, 5) is 0. The number of fused-ring (bicyclic) bond motifs is 6. The Morgan fingerprint density at radius 2 is 0.897 bits per heavy atom. The first-order valence-corrected chi connectivity index (χ1v) is 26.5. The van der Waals surface area contributed by atoms with Crippen molar-refractivity contribution in [3.05, 3.63) is 0 Å². The van der Waals surface area contributed by atoms with Gasteiger partial charge in [0.2, 0.25) is 0 Å². The van der Waals surface area contributed by atoms with E-state index < -0.39 is 0 Å². The van der Waals surface area contributed by atoms with Crippen molar-refractivity contribution in [1.82, 2.24) is 0 Å². The molecule has 10 aliphatic carbocycles. The summed E-state index contributed by atoms with van der Waals surface area (Å²) in [6.07, 6.45) is 15.0. The molecule has 0 nitrogen and oxygen atoms in total. The maximum absolute atomic E-state index is 2.59. The van der Waals surface area contributed by atoms with Gasteiger partial charge in [-0.15, -0.1) is 0 Å². The summed E-state index contributed by atoms with van der Waals surface area (Å²) in [5, 5.41) is 0. The molecule has 0 heterocycles. The fourth-order valence-corrected chi connectivity index (χ4v) is 16.8. The van der Waals surface area contributed by atoms with E-state index in [2.05, 4.69) is 159 Å². The summed E-state index contributed by atoms with van der Waals surface area (Å²) in [6, 6.07) is 0. The molecule has 0 radical (unpaired) electrons. The number of hydrogen-bond acceptors (Lipinski definition) is 0. The lowest BCUT2D eigenvalue weighted by atomic mass is 9.35. The molecule has 0 amide bonds. The quantitative estimate of drug-likeness (QED) is 0.229. The summed E-state index contributed by atoms with van der Waals surface area (Å²) in [6.45, 7) is 56.3. The second-order valence-corrected chi connectivity index (χ2v) is 28.0. The van der Waals surface area contributed by atoms with Gasteiger partial charge in [-0.05, 0) is 210 Å². The summed E-state index contributed by atoms with van der Waals surface area (Å²) in [7, 11) is 0. The maximum atomic E-state index is 2.59. The second kappa shape index (κ2) is 19.0. The van der Waals surface area contributed by atoms with Crippen LogP contribution in [0.4, 0.5) is 0 Å². The zero-order chi connectivity index (χ0) is 44.2. The average molecular weight is 808 g/mol. The summed E-state index contributed by atoms with van der Waals surface area (Å²) < 4.78 is 0. The highest BCUT2D eigenvalue weighted by Crippen LogP contribution is 2.71. The van der Waals surface area contributed by atoms with Gasteiger partial charge in [0.15, 0.2) is 0 Å². The summed E-state index contributed by atoms with van der Waals surface area (Å²) >= 11 is 0. The highest BCUT2D eigenvalue weighted by molar-refractivity contribution is 5.12. The predicted molar refractivity (Wildman–Crippen MR) is 260 cm³/mol. The van der Waals surface area contributed by atoms with Crippen LogP contribution in [0, 0.1) is 146 Å². The van der Waals surface area contributed by atoms with E-state index >= 15 is 0 Å². The van der Waals surface area contributed by atoms with Crippen molar-refractivity contribution in [2.75, 3.05) is 0 Å². The Kier molecular flexibility index (Phi) is 16.6. The van der Waals surface area contributed by atoms with Gasteiger partial charge < -0.3 is 0 Å². The van der Waals surface area contributed by atoms with Crippen molar-refractivity contribution in [1.29, 1.82) is 0 Å². The third kappa shape index (κ3) is 10.2. The fraction of sp³-hybridized carbons (Fsp3) is 1.00. The minimum atomic E-state index is 0.576. The van der Waals surface area contributed by atoms with Gasteiger partial charge in [0.05, 0.1) is 0 Å². The van der Waals surface area contributed by atoms with E-state index in [0.717, 1.165) is 124 Å². The van der Waals surface area contributed by atoms with Gasteiger partial charge in [-0.25, -0.2) is 0 Å². The Labute approximate surface area is 368 Å². The zero-order valence-electron chi connectivity index (χ0n) is 44.2. The first-order valence-electron chi connectivity index (χ1n) is 26.5. The summed E-state index contributed by atoms with van der Waals surface area (Å²) in [5.41, 5.74) is 2.44. The molecule has 0 N–H and O–H groups in total. The van der Waals surface area contributed by atoms with Crippen LogP contribution in [0.5, 0.6) is 0 Å². The van der Waals surface area contributed by atoms with Gasteiger partial charge in [-0.3, -0.25) is 0 Å². The molecule has 10 saturated carbocycles. The molecule has 12 atom stereocenters. The standard InChI is InChI=1S/C16H30.C15H28.C14H28.C13H24/c1-10(2)13-8-12-9-14(15(12,5)6)16(13,7)11(3)4;1-9(2)12-7-11-8-13(15(11,5)6)14(12)10(3)4;1-10(2)12-7-8-14(5,6)9-13(12)11(3)4;1-8(2)12-7-10-5-11(6-10)13(12)9(3)4/h10-14H,8-9H2,1-7H3;9-14H,7-8H2,1-6H3;10-13H,7-9H2,1-6H3;8-13H,5-7H2,1-4H3. The first kappa shape index (κ1) is 50.6. The molecule has 0 aromatic heterocycles. The lowest BCUT2D eigenvalue weighted by Gasteiger charge is -2.69. The van der Waals surface area contributed by atoms with Gasteiger partial charge in [0.25, 0.3) is 0 Å². The Balaban J connectivity index is 0.000000172. The van der Waals surface area contributed by atoms with Crippen molar-refractivity contribution < 1.29 is 0 Å². The fourth-order valence-electron chi connectivity index (χ4n) is 16.8. The van der Waals surface area contributed by atoms with Crippen LogP contribution in [0.15, 0.2) is 0 Å². The molecule has 0 saturated heterocycles. The van der Waals surface area contributed by atoms with Crippen molar-refractivity contribution in [2.45, 2.75) is 223 Å². The van der Waals surface area contributed by atoms with E-state index in [1.807, 2.05) is 0 Å². The molecule has 12 unspecified atom stereocenters. The molecular formula is C58H110. The second-order valence-electron chi connectivity index (χ2n) is 28.0. The van der Waals surface area contributed by atoms with Gasteiger partial charge in [0.1, 0.15) is 0 Å². The third-order valence-corrected chi connectivity index (χ3v) is 21.0. The van der Waals surface area contributed by atoms with Gasteiger partial charge in [0, 0.05) is 0 Å². The Morgan fingerprint density at radius 1 is 0.414 bits per heavy atom. The van der Waals surface area contributed by atoms with Gasteiger partial charge >= 0.3 is 0 Å². The molecular weight excluding hydrogens is 697 g/mol. The van der Waals surface area contributed by atoms with Crippen LogP contribution >= 0.6 is 0 Å². The number of rotatable bonds is 8. The molecule has 342 valence electrons. The van der Waals surface area contributed by atoms with Crippen molar-refractivity contribution in [2.24, 2.45) is 146 Å². The summed E-state index contributed by atoms with van der Waals surface area (Å²) in [5.74, 6) is 20.2. The molecule has 0 heteroatoms.